The minimum Gasteiger partial charge on any atom is -0.268 e. The fraction of sp³-hybridized carbons (Fsp3) is 0.207. The molecule has 1 saturated carbocycles. The molecule has 0 radical (unpaired) electrons. The topological polar surface area (TPSA) is 59.3 Å². The van der Waals surface area contributed by atoms with Gasteiger partial charge in [0.15, 0.2) is 0 Å². The first-order valence-electron chi connectivity index (χ1n) is 12.0. The van der Waals surface area contributed by atoms with Crippen LogP contribution in [0.15, 0.2) is 93.2 Å². The summed E-state index contributed by atoms with van der Waals surface area (Å²) in [5.41, 5.74) is 8.65. The zero-order valence-electron chi connectivity index (χ0n) is 19.2. The molecule has 174 valence electrons. The van der Waals surface area contributed by atoms with E-state index in [4.69, 9.17) is 4.98 Å². The van der Waals surface area contributed by atoms with E-state index in [0.29, 0.717) is 5.95 Å². The lowest BCUT2D eigenvalue weighted by molar-refractivity contribution is 0.425. The SMILES string of the molecule is O=c1c2c(nc(N/N=C/c3ccc(Br)cc3)n1-c1ccccc1)-c1ccccc1CC21CCCC1. The number of hydrazone groups is 1. The van der Waals surface area contributed by atoms with Crippen molar-refractivity contribution in [1.29, 1.82) is 0 Å². The smallest absolute Gasteiger partial charge is 0.263 e. The van der Waals surface area contributed by atoms with Crippen LogP contribution in [0.2, 0.25) is 0 Å². The Hall–Kier alpha value is -3.51. The van der Waals surface area contributed by atoms with E-state index in [9.17, 15) is 4.79 Å². The van der Waals surface area contributed by atoms with Crippen molar-refractivity contribution in [3.8, 4) is 16.9 Å². The molecule has 0 bridgehead atoms. The third-order valence-corrected chi connectivity index (χ3v) is 7.77. The molecule has 1 N–H and O–H groups in total. The Balaban J connectivity index is 1.54. The van der Waals surface area contributed by atoms with Crippen LogP contribution in [0.3, 0.4) is 0 Å². The van der Waals surface area contributed by atoms with Crippen molar-refractivity contribution in [2.75, 3.05) is 5.43 Å². The number of nitrogens with one attached hydrogen (secondary N) is 1. The van der Waals surface area contributed by atoms with Gasteiger partial charge in [0.05, 0.1) is 23.2 Å². The summed E-state index contributed by atoms with van der Waals surface area (Å²) in [6.45, 7) is 0. The minimum absolute atomic E-state index is 0.000977. The van der Waals surface area contributed by atoms with Crippen LogP contribution in [-0.2, 0) is 11.8 Å². The third kappa shape index (κ3) is 3.92. The quantitative estimate of drug-likeness (QED) is 0.245. The number of aromatic nitrogens is 2. The molecule has 2 aliphatic rings. The van der Waals surface area contributed by atoms with Gasteiger partial charge < -0.3 is 0 Å². The van der Waals surface area contributed by atoms with Crippen molar-refractivity contribution in [3.63, 3.8) is 0 Å². The molecule has 1 heterocycles. The predicted molar refractivity (Wildman–Crippen MR) is 144 cm³/mol. The number of hydrogen-bond acceptors (Lipinski definition) is 4. The van der Waals surface area contributed by atoms with Gasteiger partial charge in [0.25, 0.3) is 5.56 Å². The molecule has 6 heteroatoms. The van der Waals surface area contributed by atoms with E-state index in [0.717, 1.165) is 64.6 Å². The van der Waals surface area contributed by atoms with Gasteiger partial charge in [-0.05, 0) is 54.7 Å². The summed E-state index contributed by atoms with van der Waals surface area (Å²) in [5, 5.41) is 4.45. The Bertz CT molecular complexity index is 1470. The number of benzene rings is 3. The molecule has 0 atom stereocenters. The highest BCUT2D eigenvalue weighted by Gasteiger charge is 2.44. The zero-order chi connectivity index (χ0) is 23.8. The molecule has 0 amide bonds. The van der Waals surface area contributed by atoms with E-state index in [1.807, 2.05) is 60.7 Å². The molecular weight excluding hydrogens is 500 g/mol. The number of rotatable bonds is 4. The molecule has 0 unspecified atom stereocenters. The van der Waals surface area contributed by atoms with Gasteiger partial charge >= 0.3 is 0 Å². The number of halogens is 1. The van der Waals surface area contributed by atoms with Crippen molar-refractivity contribution in [2.45, 2.75) is 37.5 Å². The van der Waals surface area contributed by atoms with Crippen LogP contribution in [0.1, 0.15) is 42.4 Å². The standard InChI is InChI=1S/C29H25BrN4O/c30-22-14-12-20(13-15-22)19-31-33-28-32-26-24-11-5-4-8-21(24)18-29(16-6-7-17-29)25(26)27(35)34(28)23-9-2-1-3-10-23/h1-5,8-15,19H,6-7,16-18H2,(H,32,33)/b31-19+. The molecule has 3 aromatic carbocycles. The van der Waals surface area contributed by atoms with E-state index < -0.39 is 0 Å². The van der Waals surface area contributed by atoms with Crippen LogP contribution in [0, 0.1) is 0 Å². The molecule has 0 aliphatic heterocycles. The average Bonchev–Trinajstić information content (AvgIpc) is 3.34. The van der Waals surface area contributed by atoms with E-state index in [1.54, 1.807) is 10.8 Å². The number of nitrogens with zero attached hydrogens (tertiary/aromatic N) is 3. The van der Waals surface area contributed by atoms with Gasteiger partial charge in [0.1, 0.15) is 0 Å². The lowest BCUT2D eigenvalue weighted by Gasteiger charge is -2.36. The monoisotopic (exact) mass is 524 g/mol. The van der Waals surface area contributed by atoms with Crippen LogP contribution in [0.25, 0.3) is 16.9 Å². The summed E-state index contributed by atoms with van der Waals surface area (Å²) in [5.74, 6) is 0.415. The number of para-hydroxylation sites is 1. The zero-order valence-corrected chi connectivity index (χ0v) is 20.8. The summed E-state index contributed by atoms with van der Waals surface area (Å²) < 4.78 is 2.70. The first-order chi connectivity index (χ1) is 17.1. The summed E-state index contributed by atoms with van der Waals surface area (Å²) in [7, 11) is 0. The van der Waals surface area contributed by atoms with Gasteiger partial charge in [-0.25, -0.2) is 15.0 Å². The Morgan fingerprint density at radius 3 is 2.43 bits per heavy atom. The summed E-state index contributed by atoms with van der Waals surface area (Å²) in [6.07, 6.45) is 6.97. The third-order valence-electron chi connectivity index (χ3n) is 7.24. The van der Waals surface area contributed by atoms with Crippen LogP contribution in [-0.4, -0.2) is 15.8 Å². The summed E-state index contributed by atoms with van der Waals surface area (Å²) >= 11 is 3.46. The van der Waals surface area contributed by atoms with Crippen LogP contribution in [0.5, 0.6) is 0 Å². The van der Waals surface area contributed by atoms with Crippen molar-refractivity contribution in [1.82, 2.24) is 9.55 Å². The molecule has 6 rings (SSSR count). The molecule has 2 aliphatic carbocycles. The average molecular weight is 525 g/mol. The molecule has 4 aromatic rings. The van der Waals surface area contributed by atoms with Gasteiger partial charge in [0, 0.05) is 15.5 Å². The van der Waals surface area contributed by atoms with Gasteiger partial charge in [-0.3, -0.25) is 4.79 Å². The molecule has 1 fully saturated rings. The van der Waals surface area contributed by atoms with E-state index >= 15 is 0 Å². The minimum atomic E-state index is -0.149. The summed E-state index contributed by atoms with van der Waals surface area (Å²) in [6, 6.07) is 26.0. The fourth-order valence-electron chi connectivity index (χ4n) is 5.64. The maximum absolute atomic E-state index is 14.3. The fourth-order valence-corrected chi connectivity index (χ4v) is 5.90. The molecule has 0 saturated heterocycles. The molecule has 1 aromatic heterocycles. The van der Waals surface area contributed by atoms with E-state index in [1.165, 1.54) is 5.56 Å². The number of hydrogen-bond donors (Lipinski definition) is 1. The van der Waals surface area contributed by atoms with Crippen LogP contribution < -0.4 is 11.0 Å². The van der Waals surface area contributed by atoms with Gasteiger partial charge in [-0.2, -0.15) is 5.10 Å². The van der Waals surface area contributed by atoms with Gasteiger partial charge in [0.2, 0.25) is 5.95 Å². The molecule has 5 nitrogen and oxygen atoms in total. The number of fused-ring (bicyclic) bond motifs is 4. The first-order valence-corrected chi connectivity index (χ1v) is 12.8. The first kappa shape index (κ1) is 22.0. The Morgan fingerprint density at radius 2 is 1.66 bits per heavy atom. The normalized spacial score (nSPS) is 15.8. The highest BCUT2D eigenvalue weighted by Crippen LogP contribution is 2.50. The van der Waals surface area contributed by atoms with Gasteiger partial charge in [-0.1, -0.05) is 83.4 Å². The summed E-state index contributed by atoms with van der Waals surface area (Å²) in [4.78, 5) is 19.4. The van der Waals surface area contributed by atoms with E-state index in [2.05, 4.69) is 44.7 Å². The second-order valence-electron chi connectivity index (χ2n) is 9.38. The largest absolute Gasteiger partial charge is 0.268 e. The highest BCUT2D eigenvalue weighted by molar-refractivity contribution is 9.10. The Kier molecular flexibility index (Phi) is 5.61. The van der Waals surface area contributed by atoms with Gasteiger partial charge in [-0.15, -0.1) is 0 Å². The molecular formula is C29H25BrN4O. The second kappa shape index (κ2) is 8.93. The van der Waals surface area contributed by atoms with Crippen molar-refractivity contribution < 1.29 is 0 Å². The van der Waals surface area contributed by atoms with Crippen molar-refractivity contribution in [3.05, 3.63) is 110 Å². The van der Waals surface area contributed by atoms with E-state index in [-0.39, 0.29) is 11.0 Å². The van der Waals surface area contributed by atoms with Crippen molar-refractivity contribution in [2.24, 2.45) is 5.10 Å². The van der Waals surface area contributed by atoms with Crippen LogP contribution in [0.4, 0.5) is 5.95 Å². The maximum Gasteiger partial charge on any atom is 0.263 e. The number of anilines is 1. The Morgan fingerprint density at radius 1 is 0.943 bits per heavy atom. The second-order valence-corrected chi connectivity index (χ2v) is 10.3. The van der Waals surface area contributed by atoms with Crippen LogP contribution >= 0.6 is 15.9 Å². The maximum atomic E-state index is 14.3. The lowest BCUT2D eigenvalue weighted by atomic mass is 9.68. The highest BCUT2D eigenvalue weighted by atomic mass is 79.9. The Labute approximate surface area is 212 Å². The predicted octanol–water partition coefficient (Wildman–Crippen LogP) is 6.48. The molecule has 1 spiro atoms. The molecule has 35 heavy (non-hydrogen) atoms. The lowest BCUT2D eigenvalue weighted by Crippen LogP contribution is -2.40. The van der Waals surface area contributed by atoms with Crippen molar-refractivity contribution >= 4 is 28.1 Å².